The lowest BCUT2D eigenvalue weighted by atomic mass is 9.96. The number of carboxylic acids is 1. The molecule has 1 saturated heterocycles. The van der Waals surface area contributed by atoms with Gasteiger partial charge in [0.25, 0.3) is 5.91 Å². The Morgan fingerprint density at radius 3 is 2.88 bits per heavy atom. The van der Waals surface area contributed by atoms with Crippen molar-refractivity contribution in [3.8, 4) is 0 Å². The van der Waals surface area contributed by atoms with Crippen LogP contribution in [0.4, 0.5) is 0 Å². The van der Waals surface area contributed by atoms with Crippen LogP contribution >= 0.6 is 11.3 Å². The van der Waals surface area contributed by atoms with Crippen LogP contribution in [0.2, 0.25) is 0 Å². The van der Waals surface area contributed by atoms with Crippen molar-refractivity contribution in [2.45, 2.75) is 24.8 Å². The van der Waals surface area contributed by atoms with Crippen LogP contribution in [0.25, 0.3) is 0 Å². The maximum Gasteiger partial charge on any atom is 0.305 e. The summed E-state index contributed by atoms with van der Waals surface area (Å²) >= 11 is 1.44. The van der Waals surface area contributed by atoms with E-state index in [1.807, 2.05) is 35.7 Å². The molecule has 1 aliphatic heterocycles. The van der Waals surface area contributed by atoms with Crippen molar-refractivity contribution >= 4 is 23.2 Å². The standard InChI is InChI=1S/C18H19NO4S/c20-17(21)10-15(16-5-2-8-24-16)19-18(22)13-4-1-3-12(9-13)14-6-7-23-11-14/h1-5,8-9,14-15H,6-7,10-11H2,(H,19,22)(H,20,21). The zero-order valence-corrected chi connectivity index (χ0v) is 13.9. The highest BCUT2D eigenvalue weighted by molar-refractivity contribution is 7.10. The molecule has 3 rings (SSSR count). The van der Waals surface area contributed by atoms with Gasteiger partial charge in [0.05, 0.1) is 19.1 Å². The molecule has 6 heteroatoms. The summed E-state index contributed by atoms with van der Waals surface area (Å²) in [5.41, 5.74) is 1.64. The summed E-state index contributed by atoms with van der Waals surface area (Å²) in [5.74, 6) is -0.870. The molecule has 2 unspecified atom stereocenters. The molecule has 2 N–H and O–H groups in total. The SMILES string of the molecule is O=C(O)CC(NC(=O)c1cccc(C2CCOC2)c1)c1cccs1. The number of carbonyl (C=O) groups excluding carboxylic acids is 1. The second-order valence-electron chi connectivity index (χ2n) is 5.83. The lowest BCUT2D eigenvalue weighted by Gasteiger charge is -2.16. The van der Waals surface area contributed by atoms with Crippen LogP contribution in [-0.2, 0) is 9.53 Å². The molecular weight excluding hydrogens is 326 g/mol. The summed E-state index contributed by atoms with van der Waals surface area (Å²) in [7, 11) is 0. The molecule has 126 valence electrons. The number of rotatable bonds is 6. The number of benzene rings is 1. The molecule has 2 heterocycles. The molecule has 2 atom stereocenters. The Balaban J connectivity index is 1.75. The maximum atomic E-state index is 12.6. The summed E-state index contributed by atoms with van der Waals surface area (Å²) < 4.78 is 5.40. The fourth-order valence-corrected chi connectivity index (χ4v) is 3.64. The van der Waals surface area contributed by atoms with E-state index in [0.717, 1.165) is 23.5 Å². The third kappa shape index (κ3) is 4.01. The first kappa shape index (κ1) is 16.7. The first-order valence-corrected chi connectivity index (χ1v) is 8.75. The Morgan fingerprint density at radius 2 is 2.21 bits per heavy atom. The van der Waals surface area contributed by atoms with Crippen LogP contribution in [0.1, 0.15) is 45.6 Å². The summed E-state index contributed by atoms with van der Waals surface area (Å²) in [4.78, 5) is 24.5. The maximum absolute atomic E-state index is 12.6. The van der Waals surface area contributed by atoms with Gasteiger partial charge in [-0.2, -0.15) is 0 Å². The van der Waals surface area contributed by atoms with Gasteiger partial charge >= 0.3 is 5.97 Å². The first-order valence-electron chi connectivity index (χ1n) is 7.87. The monoisotopic (exact) mass is 345 g/mol. The number of aliphatic carboxylic acids is 1. The number of amides is 1. The van der Waals surface area contributed by atoms with E-state index in [-0.39, 0.29) is 12.3 Å². The molecule has 5 nitrogen and oxygen atoms in total. The summed E-state index contributed by atoms with van der Waals surface area (Å²) in [6.07, 6.45) is 0.824. The van der Waals surface area contributed by atoms with E-state index >= 15 is 0 Å². The van der Waals surface area contributed by atoms with Crippen LogP contribution < -0.4 is 5.32 Å². The lowest BCUT2D eigenvalue weighted by molar-refractivity contribution is -0.137. The Bertz CT molecular complexity index is 708. The molecule has 1 aromatic heterocycles. The summed E-state index contributed by atoms with van der Waals surface area (Å²) in [5, 5.41) is 13.8. The molecule has 2 aromatic rings. The van der Waals surface area contributed by atoms with Crippen molar-refractivity contribution in [3.05, 3.63) is 57.8 Å². The van der Waals surface area contributed by atoms with Gasteiger partial charge in [-0.3, -0.25) is 9.59 Å². The van der Waals surface area contributed by atoms with Crippen molar-refractivity contribution in [2.75, 3.05) is 13.2 Å². The minimum absolute atomic E-state index is 0.136. The fraction of sp³-hybridized carbons (Fsp3) is 0.333. The van der Waals surface area contributed by atoms with Crippen molar-refractivity contribution < 1.29 is 19.4 Å². The third-order valence-electron chi connectivity index (χ3n) is 4.12. The van der Waals surface area contributed by atoms with Crippen molar-refractivity contribution in [2.24, 2.45) is 0 Å². The Morgan fingerprint density at radius 1 is 1.33 bits per heavy atom. The van der Waals surface area contributed by atoms with Crippen LogP contribution in [0.5, 0.6) is 0 Å². The number of nitrogens with one attached hydrogen (secondary N) is 1. The number of thiophene rings is 1. The number of carbonyl (C=O) groups is 2. The largest absolute Gasteiger partial charge is 0.481 e. The minimum atomic E-state index is -0.939. The summed E-state index contributed by atoms with van der Waals surface area (Å²) in [6, 6.07) is 10.7. The highest BCUT2D eigenvalue weighted by Gasteiger charge is 2.22. The van der Waals surface area contributed by atoms with Gasteiger partial charge in [0.1, 0.15) is 0 Å². The molecule has 1 fully saturated rings. The Hall–Kier alpha value is -2.18. The van der Waals surface area contributed by atoms with E-state index in [1.165, 1.54) is 11.3 Å². The second kappa shape index (κ2) is 7.59. The predicted octanol–water partition coefficient (Wildman–Crippen LogP) is 3.20. The van der Waals surface area contributed by atoms with Crippen molar-refractivity contribution in [1.82, 2.24) is 5.32 Å². The average molecular weight is 345 g/mol. The number of hydrogen-bond acceptors (Lipinski definition) is 4. The van der Waals surface area contributed by atoms with Crippen molar-refractivity contribution in [3.63, 3.8) is 0 Å². The van der Waals surface area contributed by atoms with Gasteiger partial charge < -0.3 is 15.2 Å². The van der Waals surface area contributed by atoms with Crippen LogP contribution in [-0.4, -0.2) is 30.2 Å². The molecule has 24 heavy (non-hydrogen) atoms. The number of hydrogen-bond donors (Lipinski definition) is 2. The van der Waals surface area contributed by atoms with E-state index < -0.39 is 12.0 Å². The van der Waals surface area contributed by atoms with Gasteiger partial charge in [0, 0.05) is 23.0 Å². The van der Waals surface area contributed by atoms with E-state index in [2.05, 4.69) is 5.32 Å². The van der Waals surface area contributed by atoms with Gasteiger partial charge in [-0.1, -0.05) is 18.2 Å². The summed E-state index contributed by atoms with van der Waals surface area (Å²) in [6.45, 7) is 1.43. The van der Waals surface area contributed by atoms with Crippen molar-refractivity contribution in [1.29, 1.82) is 0 Å². The predicted molar refractivity (Wildman–Crippen MR) is 91.4 cm³/mol. The van der Waals surface area contributed by atoms with E-state index in [9.17, 15) is 9.59 Å². The average Bonchev–Trinajstić information content (AvgIpc) is 3.27. The fourth-order valence-electron chi connectivity index (χ4n) is 2.86. The van der Waals surface area contributed by atoms with Gasteiger partial charge in [-0.25, -0.2) is 0 Å². The molecule has 1 amide bonds. The lowest BCUT2D eigenvalue weighted by Crippen LogP contribution is -2.29. The zero-order chi connectivity index (χ0) is 16.9. The van der Waals surface area contributed by atoms with Gasteiger partial charge in [-0.05, 0) is 35.6 Å². The highest BCUT2D eigenvalue weighted by atomic mass is 32.1. The molecule has 1 aromatic carbocycles. The van der Waals surface area contributed by atoms with Gasteiger partial charge in [0.15, 0.2) is 0 Å². The minimum Gasteiger partial charge on any atom is -0.481 e. The molecular formula is C18H19NO4S. The molecule has 0 radical (unpaired) electrons. The second-order valence-corrected chi connectivity index (χ2v) is 6.80. The molecule has 0 bridgehead atoms. The Kier molecular flexibility index (Phi) is 5.27. The normalized spacial score (nSPS) is 18.2. The number of carboxylic acid groups (broad SMARTS) is 1. The molecule has 0 spiro atoms. The van der Waals surface area contributed by atoms with Gasteiger partial charge in [0.2, 0.25) is 0 Å². The van der Waals surface area contributed by atoms with E-state index in [1.54, 1.807) is 6.07 Å². The quantitative estimate of drug-likeness (QED) is 0.843. The highest BCUT2D eigenvalue weighted by Crippen LogP contribution is 2.26. The molecule has 0 saturated carbocycles. The topological polar surface area (TPSA) is 75.6 Å². The van der Waals surface area contributed by atoms with Crippen LogP contribution in [0.3, 0.4) is 0 Å². The van der Waals surface area contributed by atoms with Crippen LogP contribution in [0, 0.1) is 0 Å². The van der Waals surface area contributed by atoms with E-state index in [0.29, 0.717) is 18.1 Å². The number of ether oxygens (including phenoxy) is 1. The zero-order valence-electron chi connectivity index (χ0n) is 13.1. The van der Waals surface area contributed by atoms with Gasteiger partial charge in [-0.15, -0.1) is 11.3 Å². The first-order chi connectivity index (χ1) is 11.6. The third-order valence-corrected chi connectivity index (χ3v) is 5.11. The molecule has 1 aliphatic rings. The smallest absolute Gasteiger partial charge is 0.305 e. The Labute approximate surface area is 144 Å². The molecule has 0 aliphatic carbocycles. The van der Waals surface area contributed by atoms with E-state index in [4.69, 9.17) is 9.84 Å². The van der Waals surface area contributed by atoms with Crippen LogP contribution in [0.15, 0.2) is 41.8 Å².